The van der Waals surface area contributed by atoms with Gasteiger partial charge in [-0.15, -0.1) is 6.58 Å². The number of esters is 1. The van der Waals surface area contributed by atoms with Crippen molar-refractivity contribution in [1.82, 2.24) is 0 Å². The zero-order valence-corrected chi connectivity index (χ0v) is 13.4. The van der Waals surface area contributed by atoms with Crippen LogP contribution in [0.5, 0.6) is 0 Å². The van der Waals surface area contributed by atoms with Gasteiger partial charge < -0.3 is 14.2 Å². The van der Waals surface area contributed by atoms with E-state index >= 15 is 0 Å². The van der Waals surface area contributed by atoms with Crippen LogP contribution in [0, 0.1) is 5.92 Å². The summed E-state index contributed by atoms with van der Waals surface area (Å²) in [6.45, 7) is 8.55. The molecular formula is C16H30O4. The van der Waals surface area contributed by atoms with Gasteiger partial charge in [0.05, 0.1) is 13.5 Å². The molecule has 0 saturated heterocycles. The maximum absolute atomic E-state index is 11.4. The Morgan fingerprint density at radius 1 is 1.35 bits per heavy atom. The number of unbranched alkanes of at least 4 members (excludes halogenated alkanes) is 1. The van der Waals surface area contributed by atoms with Crippen LogP contribution in [0.2, 0.25) is 0 Å². The first-order chi connectivity index (χ1) is 9.57. The SMILES string of the molecule is C=CC(CCCC)CC(CCC(=O)OC)(OC)OCC. The van der Waals surface area contributed by atoms with Gasteiger partial charge >= 0.3 is 5.97 Å². The van der Waals surface area contributed by atoms with E-state index in [9.17, 15) is 4.79 Å². The molecule has 0 aliphatic carbocycles. The van der Waals surface area contributed by atoms with Crippen LogP contribution < -0.4 is 0 Å². The van der Waals surface area contributed by atoms with E-state index in [1.54, 1.807) is 7.11 Å². The molecule has 0 aliphatic rings. The van der Waals surface area contributed by atoms with Crippen molar-refractivity contribution in [2.45, 2.75) is 58.2 Å². The summed E-state index contributed by atoms with van der Waals surface area (Å²) < 4.78 is 16.1. The number of carbonyl (C=O) groups excluding carboxylic acids is 1. The van der Waals surface area contributed by atoms with Crippen molar-refractivity contribution < 1.29 is 19.0 Å². The largest absolute Gasteiger partial charge is 0.469 e. The maximum Gasteiger partial charge on any atom is 0.305 e. The molecule has 118 valence electrons. The van der Waals surface area contributed by atoms with E-state index in [0.29, 0.717) is 25.4 Å². The summed E-state index contributed by atoms with van der Waals surface area (Å²) in [5.74, 6) is -0.635. The lowest BCUT2D eigenvalue weighted by Gasteiger charge is -2.34. The van der Waals surface area contributed by atoms with E-state index in [2.05, 4.69) is 13.5 Å². The Bertz CT molecular complexity index is 278. The third-order valence-corrected chi connectivity index (χ3v) is 3.55. The monoisotopic (exact) mass is 286 g/mol. The molecule has 2 unspecified atom stereocenters. The first-order valence-corrected chi connectivity index (χ1v) is 7.45. The average Bonchev–Trinajstić information content (AvgIpc) is 2.48. The second-order valence-corrected chi connectivity index (χ2v) is 4.97. The number of allylic oxidation sites excluding steroid dienone is 1. The summed E-state index contributed by atoms with van der Waals surface area (Å²) in [6, 6.07) is 0. The second kappa shape index (κ2) is 10.9. The summed E-state index contributed by atoms with van der Waals surface area (Å²) in [5.41, 5.74) is 0. The first kappa shape index (κ1) is 19.1. The summed E-state index contributed by atoms with van der Waals surface area (Å²) >= 11 is 0. The highest BCUT2D eigenvalue weighted by Gasteiger charge is 2.33. The molecule has 0 saturated carbocycles. The van der Waals surface area contributed by atoms with Gasteiger partial charge in [-0.1, -0.05) is 25.8 Å². The van der Waals surface area contributed by atoms with Gasteiger partial charge in [-0.2, -0.15) is 0 Å². The second-order valence-electron chi connectivity index (χ2n) is 4.97. The first-order valence-electron chi connectivity index (χ1n) is 7.45. The van der Waals surface area contributed by atoms with Gasteiger partial charge in [-0.25, -0.2) is 0 Å². The highest BCUT2D eigenvalue weighted by molar-refractivity contribution is 5.69. The van der Waals surface area contributed by atoms with Crippen molar-refractivity contribution in [1.29, 1.82) is 0 Å². The quantitative estimate of drug-likeness (QED) is 0.312. The number of rotatable bonds is 12. The molecule has 0 N–H and O–H groups in total. The highest BCUT2D eigenvalue weighted by atomic mass is 16.7. The smallest absolute Gasteiger partial charge is 0.305 e. The van der Waals surface area contributed by atoms with Crippen LogP contribution in [0.1, 0.15) is 52.4 Å². The zero-order chi connectivity index (χ0) is 15.4. The van der Waals surface area contributed by atoms with Gasteiger partial charge in [-0.3, -0.25) is 4.79 Å². The van der Waals surface area contributed by atoms with Crippen molar-refractivity contribution in [2.24, 2.45) is 5.92 Å². The van der Waals surface area contributed by atoms with Crippen LogP contribution in [-0.4, -0.2) is 32.6 Å². The molecule has 0 radical (unpaired) electrons. The molecule has 0 heterocycles. The number of methoxy groups -OCH3 is 2. The summed E-state index contributed by atoms with van der Waals surface area (Å²) in [6.07, 6.45) is 6.85. The maximum atomic E-state index is 11.4. The predicted molar refractivity (Wildman–Crippen MR) is 80.4 cm³/mol. The fourth-order valence-electron chi connectivity index (χ4n) is 2.30. The van der Waals surface area contributed by atoms with Crippen LogP contribution in [0.25, 0.3) is 0 Å². The van der Waals surface area contributed by atoms with Crippen LogP contribution >= 0.6 is 0 Å². The Morgan fingerprint density at radius 3 is 2.50 bits per heavy atom. The number of carbonyl (C=O) groups is 1. The topological polar surface area (TPSA) is 44.8 Å². The molecule has 0 bridgehead atoms. The Balaban J connectivity index is 4.71. The lowest BCUT2D eigenvalue weighted by molar-refractivity contribution is -0.234. The summed E-state index contributed by atoms with van der Waals surface area (Å²) in [4.78, 5) is 11.4. The van der Waals surface area contributed by atoms with E-state index in [1.807, 2.05) is 13.0 Å². The lowest BCUT2D eigenvalue weighted by atomic mass is 9.91. The standard InChI is InChI=1S/C16H30O4/c1-6-9-10-14(7-2)13-16(19-5,20-8-3)12-11-15(17)18-4/h7,14H,2,6,8-13H2,1,3-5H3. The minimum atomic E-state index is -0.727. The molecule has 0 aromatic heterocycles. The van der Waals surface area contributed by atoms with Gasteiger partial charge in [0.2, 0.25) is 0 Å². The molecule has 0 aromatic rings. The lowest BCUT2D eigenvalue weighted by Crippen LogP contribution is -2.37. The third-order valence-electron chi connectivity index (χ3n) is 3.55. The molecule has 0 fully saturated rings. The number of ether oxygens (including phenoxy) is 3. The number of hydrogen-bond donors (Lipinski definition) is 0. The van der Waals surface area contributed by atoms with E-state index in [0.717, 1.165) is 25.7 Å². The van der Waals surface area contributed by atoms with Crippen molar-refractivity contribution >= 4 is 5.97 Å². The molecule has 0 aromatic carbocycles. The Kier molecular flexibility index (Phi) is 10.4. The molecule has 0 rings (SSSR count). The molecule has 2 atom stereocenters. The zero-order valence-electron chi connectivity index (χ0n) is 13.4. The molecule has 20 heavy (non-hydrogen) atoms. The third kappa shape index (κ3) is 7.06. The van der Waals surface area contributed by atoms with Crippen molar-refractivity contribution in [2.75, 3.05) is 20.8 Å². The van der Waals surface area contributed by atoms with E-state index in [1.165, 1.54) is 7.11 Å². The van der Waals surface area contributed by atoms with E-state index in [4.69, 9.17) is 14.2 Å². The molecule has 0 amide bonds. The molecule has 4 heteroatoms. The minimum absolute atomic E-state index is 0.241. The fraction of sp³-hybridized carbons (Fsp3) is 0.812. The predicted octanol–water partition coefficient (Wildman–Crippen LogP) is 3.70. The Labute approximate surface area is 123 Å². The van der Waals surface area contributed by atoms with Crippen LogP contribution in [0.15, 0.2) is 12.7 Å². The number of hydrogen-bond acceptors (Lipinski definition) is 4. The van der Waals surface area contributed by atoms with Gasteiger partial charge in [0.1, 0.15) is 0 Å². The Hall–Kier alpha value is -0.870. The van der Waals surface area contributed by atoms with Crippen molar-refractivity contribution in [3.63, 3.8) is 0 Å². The van der Waals surface area contributed by atoms with Gasteiger partial charge in [-0.05, 0) is 19.3 Å². The molecule has 4 nitrogen and oxygen atoms in total. The van der Waals surface area contributed by atoms with Crippen LogP contribution in [0.4, 0.5) is 0 Å². The van der Waals surface area contributed by atoms with Gasteiger partial charge in [0.15, 0.2) is 5.79 Å². The van der Waals surface area contributed by atoms with Gasteiger partial charge in [0, 0.05) is 26.6 Å². The van der Waals surface area contributed by atoms with Crippen molar-refractivity contribution in [3.05, 3.63) is 12.7 Å². The highest BCUT2D eigenvalue weighted by Crippen LogP contribution is 2.30. The fourth-order valence-corrected chi connectivity index (χ4v) is 2.30. The average molecular weight is 286 g/mol. The van der Waals surface area contributed by atoms with Gasteiger partial charge in [0.25, 0.3) is 0 Å². The van der Waals surface area contributed by atoms with Crippen LogP contribution in [-0.2, 0) is 19.0 Å². The Morgan fingerprint density at radius 2 is 2.05 bits per heavy atom. The minimum Gasteiger partial charge on any atom is -0.469 e. The molecule has 0 aliphatic heterocycles. The normalized spacial score (nSPS) is 15.4. The molecule has 0 spiro atoms. The van der Waals surface area contributed by atoms with E-state index < -0.39 is 5.79 Å². The van der Waals surface area contributed by atoms with Crippen LogP contribution in [0.3, 0.4) is 0 Å². The van der Waals surface area contributed by atoms with E-state index in [-0.39, 0.29) is 5.97 Å². The summed E-state index contributed by atoms with van der Waals surface area (Å²) in [5, 5.41) is 0. The molecular weight excluding hydrogens is 256 g/mol. The van der Waals surface area contributed by atoms with Crippen molar-refractivity contribution in [3.8, 4) is 0 Å². The summed E-state index contributed by atoms with van der Waals surface area (Å²) in [7, 11) is 3.03.